The molecule has 0 fully saturated rings. The highest BCUT2D eigenvalue weighted by Gasteiger charge is 2.21. The Morgan fingerprint density at radius 1 is 1.44 bits per heavy atom. The summed E-state index contributed by atoms with van der Waals surface area (Å²) in [5.41, 5.74) is 1.89. The molecule has 2 rings (SSSR count). The summed E-state index contributed by atoms with van der Waals surface area (Å²) >= 11 is 0. The lowest BCUT2D eigenvalue weighted by Crippen LogP contribution is -2.09. The van der Waals surface area contributed by atoms with E-state index in [1.807, 2.05) is 38.1 Å². The van der Waals surface area contributed by atoms with Crippen molar-refractivity contribution in [2.45, 2.75) is 26.2 Å². The zero-order valence-corrected chi connectivity index (χ0v) is 9.36. The first kappa shape index (κ1) is 10.7. The predicted molar refractivity (Wildman–Crippen MR) is 61.6 cm³/mol. The number of carboxylic acid groups (broad SMARTS) is 1. The van der Waals surface area contributed by atoms with Gasteiger partial charge in [0.05, 0.1) is 0 Å². The molecule has 2 aromatic rings. The second kappa shape index (κ2) is 4.00. The first-order valence-corrected chi connectivity index (χ1v) is 5.34. The third-order valence-electron chi connectivity index (χ3n) is 2.74. The third kappa shape index (κ3) is 1.81. The molecule has 1 heterocycles. The Morgan fingerprint density at radius 3 is 2.81 bits per heavy atom. The Bertz CT molecular complexity index is 525. The van der Waals surface area contributed by atoms with Gasteiger partial charge in [-0.2, -0.15) is 0 Å². The number of aliphatic carboxylic acids is 1. The Balaban J connectivity index is 2.49. The maximum atomic E-state index is 11.0. The number of rotatable bonds is 3. The normalized spacial score (nSPS) is 12.9. The molecule has 0 aliphatic heterocycles. The second-order valence-electron chi connectivity index (χ2n) is 3.99. The lowest BCUT2D eigenvalue weighted by atomic mass is 10.0. The van der Waals surface area contributed by atoms with E-state index in [0.717, 1.165) is 16.5 Å². The number of hydrogen-bond acceptors (Lipinski definition) is 2. The molecule has 1 aromatic heterocycles. The third-order valence-corrected chi connectivity index (χ3v) is 2.74. The van der Waals surface area contributed by atoms with Gasteiger partial charge in [-0.1, -0.05) is 18.6 Å². The van der Waals surface area contributed by atoms with E-state index in [1.54, 1.807) is 0 Å². The fourth-order valence-corrected chi connectivity index (χ4v) is 1.85. The summed E-state index contributed by atoms with van der Waals surface area (Å²) in [4.78, 5) is 11.0. The quantitative estimate of drug-likeness (QED) is 0.859. The van der Waals surface area contributed by atoms with Crippen molar-refractivity contribution in [3.05, 3.63) is 35.6 Å². The predicted octanol–water partition coefficient (Wildman–Crippen LogP) is 3.32. The van der Waals surface area contributed by atoms with Crippen LogP contribution in [-0.4, -0.2) is 11.1 Å². The molecule has 1 aromatic carbocycles. The van der Waals surface area contributed by atoms with Crippen LogP contribution in [0.15, 0.2) is 28.7 Å². The van der Waals surface area contributed by atoms with Crippen LogP contribution in [0.5, 0.6) is 0 Å². The summed E-state index contributed by atoms with van der Waals surface area (Å²) in [6.45, 7) is 3.85. The van der Waals surface area contributed by atoms with Crippen LogP contribution in [0, 0.1) is 6.92 Å². The largest absolute Gasteiger partial charge is 0.481 e. The van der Waals surface area contributed by atoms with Crippen molar-refractivity contribution in [3.8, 4) is 0 Å². The van der Waals surface area contributed by atoms with Crippen molar-refractivity contribution >= 4 is 16.9 Å². The number of aryl methyl sites for hydroxylation is 1. The van der Waals surface area contributed by atoms with Crippen LogP contribution in [0.1, 0.15) is 30.6 Å². The van der Waals surface area contributed by atoms with Crippen LogP contribution in [0.4, 0.5) is 0 Å². The standard InChI is InChI=1S/C13H14O3/c1-3-10(13(14)15)12-7-9-6-8(2)4-5-11(9)16-12/h4-7,10H,3H2,1-2H3,(H,14,15). The molecule has 0 bridgehead atoms. The Labute approximate surface area is 93.7 Å². The molecule has 1 atom stereocenters. The van der Waals surface area contributed by atoms with Crippen LogP contribution < -0.4 is 0 Å². The number of furan rings is 1. The molecule has 3 heteroatoms. The number of benzene rings is 1. The first-order valence-electron chi connectivity index (χ1n) is 5.34. The average molecular weight is 218 g/mol. The molecule has 3 nitrogen and oxygen atoms in total. The van der Waals surface area contributed by atoms with Gasteiger partial charge in [0.1, 0.15) is 17.3 Å². The van der Waals surface area contributed by atoms with Gasteiger partial charge in [-0.3, -0.25) is 4.79 Å². The van der Waals surface area contributed by atoms with Gasteiger partial charge in [-0.25, -0.2) is 0 Å². The molecule has 0 aliphatic carbocycles. The Hall–Kier alpha value is -1.77. The molecule has 0 amide bonds. The van der Waals surface area contributed by atoms with Gasteiger partial charge in [-0.05, 0) is 31.5 Å². The minimum Gasteiger partial charge on any atom is -0.481 e. The van der Waals surface area contributed by atoms with Crippen molar-refractivity contribution in [3.63, 3.8) is 0 Å². The van der Waals surface area contributed by atoms with Crippen LogP contribution in [0.2, 0.25) is 0 Å². The zero-order chi connectivity index (χ0) is 11.7. The molecular weight excluding hydrogens is 204 g/mol. The average Bonchev–Trinajstić information content (AvgIpc) is 2.60. The van der Waals surface area contributed by atoms with Gasteiger partial charge in [0, 0.05) is 5.39 Å². The molecule has 16 heavy (non-hydrogen) atoms. The fourth-order valence-electron chi connectivity index (χ4n) is 1.85. The molecule has 84 valence electrons. The molecule has 0 aliphatic rings. The van der Waals surface area contributed by atoms with Crippen LogP contribution >= 0.6 is 0 Å². The molecule has 1 N–H and O–H groups in total. The summed E-state index contributed by atoms with van der Waals surface area (Å²) in [7, 11) is 0. The number of carboxylic acids is 1. The maximum Gasteiger partial charge on any atom is 0.314 e. The van der Waals surface area contributed by atoms with E-state index in [0.29, 0.717) is 12.2 Å². The SMILES string of the molecule is CCC(C(=O)O)c1cc2cc(C)ccc2o1. The molecule has 0 spiro atoms. The highest BCUT2D eigenvalue weighted by atomic mass is 16.4. The van der Waals surface area contributed by atoms with Gasteiger partial charge in [0.25, 0.3) is 0 Å². The number of hydrogen-bond donors (Lipinski definition) is 1. The summed E-state index contributed by atoms with van der Waals surface area (Å²) in [5.74, 6) is -0.846. The van der Waals surface area contributed by atoms with Gasteiger partial charge in [-0.15, -0.1) is 0 Å². The Kier molecular flexibility index (Phi) is 2.69. The minimum absolute atomic E-state index is 0.536. The number of fused-ring (bicyclic) bond motifs is 1. The topological polar surface area (TPSA) is 50.4 Å². The highest BCUT2D eigenvalue weighted by Crippen LogP contribution is 2.27. The monoisotopic (exact) mass is 218 g/mol. The lowest BCUT2D eigenvalue weighted by Gasteiger charge is -2.04. The van der Waals surface area contributed by atoms with E-state index < -0.39 is 11.9 Å². The van der Waals surface area contributed by atoms with Gasteiger partial charge in [0.15, 0.2) is 0 Å². The molecular formula is C13H14O3. The van der Waals surface area contributed by atoms with Crippen LogP contribution in [0.25, 0.3) is 11.0 Å². The van der Waals surface area contributed by atoms with E-state index in [2.05, 4.69) is 0 Å². The van der Waals surface area contributed by atoms with E-state index >= 15 is 0 Å². The second-order valence-corrected chi connectivity index (χ2v) is 3.99. The Morgan fingerprint density at radius 2 is 2.19 bits per heavy atom. The van der Waals surface area contributed by atoms with Crippen molar-refractivity contribution in [1.82, 2.24) is 0 Å². The van der Waals surface area contributed by atoms with E-state index in [1.165, 1.54) is 0 Å². The maximum absolute atomic E-state index is 11.0. The van der Waals surface area contributed by atoms with Crippen LogP contribution in [0.3, 0.4) is 0 Å². The summed E-state index contributed by atoms with van der Waals surface area (Å²) in [6.07, 6.45) is 0.536. The molecule has 1 unspecified atom stereocenters. The molecule has 0 saturated carbocycles. The van der Waals surface area contributed by atoms with Crippen molar-refractivity contribution in [1.29, 1.82) is 0 Å². The van der Waals surface area contributed by atoms with Gasteiger partial charge in [0.2, 0.25) is 0 Å². The first-order chi connectivity index (χ1) is 7.61. The summed E-state index contributed by atoms with van der Waals surface area (Å²) in [5, 5.41) is 10.0. The smallest absolute Gasteiger partial charge is 0.314 e. The molecule has 0 radical (unpaired) electrons. The highest BCUT2D eigenvalue weighted by molar-refractivity contribution is 5.82. The van der Waals surface area contributed by atoms with Crippen molar-refractivity contribution < 1.29 is 14.3 Å². The van der Waals surface area contributed by atoms with Gasteiger partial charge >= 0.3 is 5.97 Å². The van der Waals surface area contributed by atoms with Gasteiger partial charge < -0.3 is 9.52 Å². The summed E-state index contributed by atoms with van der Waals surface area (Å²) in [6, 6.07) is 7.65. The van der Waals surface area contributed by atoms with E-state index in [-0.39, 0.29) is 0 Å². The number of carbonyl (C=O) groups is 1. The summed E-state index contributed by atoms with van der Waals surface area (Å²) < 4.78 is 5.56. The zero-order valence-electron chi connectivity index (χ0n) is 9.36. The lowest BCUT2D eigenvalue weighted by molar-refractivity contribution is -0.139. The fraction of sp³-hybridized carbons (Fsp3) is 0.308. The van der Waals surface area contributed by atoms with E-state index in [4.69, 9.17) is 9.52 Å². The van der Waals surface area contributed by atoms with Crippen molar-refractivity contribution in [2.75, 3.05) is 0 Å². The van der Waals surface area contributed by atoms with E-state index in [9.17, 15) is 4.79 Å². The minimum atomic E-state index is -0.835. The molecule has 0 saturated heterocycles. The van der Waals surface area contributed by atoms with Crippen molar-refractivity contribution in [2.24, 2.45) is 0 Å². The van der Waals surface area contributed by atoms with Crippen LogP contribution in [-0.2, 0) is 4.79 Å².